The third kappa shape index (κ3) is 4.53. The SMILES string of the molecule is CCC(C)(C)C1CCc2c(sc(NC(=O)Cc3ccc([N+](=O)[O-])cc3)c2C(N)=O)C1. The van der Waals surface area contributed by atoms with E-state index in [0.29, 0.717) is 22.0 Å². The molecule has 7 nitrogen and oxygen atoms in total. The highest BCUT2D eigenvalue weighted by molar-refractivity contribution is 7.17. The standard InChI is InChI=1S/C22H27N3O4S/c1-4-22(2,3)14-7-10-16-17(12-14)30-21(19(16)20(23)27)24-18(26)11-13-5-8-15(9-6-13)25(28)29/h5-6,8-9,14H,4,7,10-12H2,1-3H3,(H2,23,27)(H,24,26). The number of nitro groups is 1. The number of rotatable bonds is 7. The van der Waals surface area contributed by atoms with Crippen LogP contribution >= 0.6 is 11.3 Å². The topological polar surface area (TPSA) is 115 Å². The van der Waals surface area contributed by atoms with Gasteiger partial charge in [0.05, 0.1) is 16.9 Å². The summed E-state index contributed by atoms with van der Waals surface area (Å²) in [6.45, 7) is 6.75. The summed E-state index contributed by atoms with van der Waals surface area (Å²) in [5.74, 6) is -0.278. The molecule has 3 N–H and O–H groups in total. The van der Waals surface area contributed by atoms with E-state index in [4.69, 9.17) is 5.73 Å². The van der Waals surface area contributed by atoms with Crippen molar-refractivity contribution in [3.05, 3.63) is 55.9 Å². The van der Waals surface area contributed by atoms with E-state index in [1.54, 1.807) is 12.1 Å². The number of benzene rings is 1. The van der Waals surface area contributed by atoms with Gasteiger partial charge in [0.25, 0.3) is 11.6 Å². The van der Waals surface area contributed by atoms with Crippen LogP contribution in [0.25, 0.3) is 0 Å². The van der Waals surface area contributed by atoms with Crippen LogP contribution in [0.4, 0.5) is 10.7 Å². The minimum Gasteiger partial charge on any atom is -0.365 e. The molecule has 0 saturated heterocycles. The number of nitro benzene ring substituents is 1. The van der Waals surface area contributed by atoms with Crippen molar-refractivity contribution in [2.75, 3.05) is 5.32 Å². The molecule has 0 aliphatic heterocycles. The predicted molar refractivity (Wildman–Crippen MR) is 118 cm³/mol. The van der Waals surface area contributed by atoms with Crippen LogP contribution in [0.3, 0.4) is 0 Å². The second-order valence-corrected chi connectivity index (χ2v) is 9.61. The van der Waals surface area contributed by atoms with Gasteiger partial charge in [-0.15, -0.1) is 11.3 Å². The number of nitrogens with two attached hydrogens (primary N) is 1. The molecule has 1 heterocycles. The molecule has 0 radical (unpaired) electrons. The zero-order valence-electron chi connectivity index (χ0n) is 17.5. The maximum Gasteiger partial charge on any atom is 0.269 e. The fraction of sp³-hybridized carbons (Fsp3) is 0.455. The molecule has 0 bridgehead atoms. The third-order valence-corrected chi connectivity index (χ3v) is 7.46. The zero-order chi connectivity index (χ0) is 22.1. The van der Waals surface area contributed by atoms with E-state index < -0.39 is 10.8 Å². The van der Waals surface area contributed by atoms with Crippen LogP contribution in [0, 0.1) is 21.4 Å². The lowest BCUT2D eigenvalue weighted by Gasteiger charge is -2.36. The Bertz CT molecular complexity index is 979. The van der Waals surface area contributed by atoms with Gasteiger partial charge in [-0.25, -0.2) is 0 Å². The van der Waals surface area contributed by atoms with Gasteiger partial charge in [-0.1, -0.05) is 39.3 Å². The Balaban J connectivity index is 1.78. The van der Waals surface area contributed by atoms with Gasteiger partial charge in [0, 0.05) is 17.0 Å². The maximum absolute atomic E-state index is 12.6. The molecule has 30 heavy (non-hydrogen) atoms. The Morgan fingerprint density at radius 2 is 1.97 bits per heavy atom. The molecular formula is C22H27N3O4S. The van der Waals surface area contributed by atoms with Crippen LogP contribution < -0.4 is 11.1 Å². The first-order valence-corrected chi connectivity index (χ1v) is 10.9. The van der Waals surface area contributed by atoms with E-state index in [-0.39, 0.29) is 23.4 Å². The molecule has 0 spiro atoms. The highest BCUT2D eigenvalue weighted by Gasteiger charge is 2.35. The van der Waals surface area contributed by atoms with Gasteiger partial charge < -0.3 is 11.1 Å². The van der Waals surface area contributed by atoms with Gasteiger partial charge in [-0.2, -0.15) is 0 Å². The normalized spacial score (nSPS) is 16.0. The van der Waals surface area contributed by atoms with Crippen molar-refractivity contribution in [3.63, 3.8) is 0 Å². The number of amides is 2. The van der Waals surface area contributed by atoms with Crippen LogP contribution in [-0.4, -0.2) is 16.7 Å². The summed E-state index contributed by atoms with van der Waals surface area (Å²) in [6.07, 6.45) is 3.82. The zero-order valence-corrected chi connectivity index (χ0v) is 18.3. The molecule has 3 rings (SSSR count). The molecule has 0 fully saturated rings. The Morgan fingerprint density at radius 1 is 1.30 bits per heavy atom. The van der Waals surface area contributed by atoms with Crippen LogP contribution in [-0.2, 0) is 24.1 Å². The molecule has 1 aliphatic rings. The Hall–Kier alpha value is -2.74. The van der Waals surface area contributed by atoms with Crippen molar-refractivity contribution in [3.8, 4) is 0 Å². The molecule has 2 aromatic rings. The molecule has 1 unspecified atom stereocenters. The average Bonchev–Trinajstić information content (AvgIpc) is 3.05. The number of anilines is 1. The van der Waals surface area contributed by atoms with Crippen molar-refractivity contribution in [1.82, 2.24) is 0 Å². The molecule has 1 atom stereocenters. The Kier molecular flexibility index (Phi) is 6.26. The number of carbonyl (C=O) groups excluding carboxylic acids is 2. The molecule has 2 amide bonds. The van der Waals surface area contributed by atoms with Gasteiger partial charge in [-0.3, -0.25) is 19.7 Å². The fourth-order valence-corrected chi connectivity index (χ4v) is 5.33. The van der Waals surface area contributed by atoms with Gasteiger partial charge in [0.2, 0.25) is 5.91 Å². The first-order valence-electron chi connectivity index (χ1n) is 10.1. The second kappa shape index (κ2) is 8.55. The largest absolute Gasteiger partial charge is 0.365 e. The van der Waals surface area contributed by atoms with E-state index in [1.165, 1.54) is 23.5 Å². The van der Waals surface area contributed by atoms with Crippen LogP contribution in [0.5, 0.6) is 0 Å². The van der Waals surface area contributed by atoms with Crippen molar-refractivity contribution >= 4 is 33.8 Å². The number of fused-ring (bicyclic) bond motifs is 1. The Morgan fingerprint density at radius 3 is 2.53 bits per heavy atom. The lowest BCUT2D eigenvalue weighted by atomic mass is 9.69. The lowest BCUT2D eigenvalue weighted by molar-refractivity contribution is -0.384. The van der Waals surface area contributed by atoms with E-state index in [2.05, 4.69) is 26.1 Å². The van der Waals surface area contributed by atoms with Gasteiger partial charge in [-0.05, 0) is 41.7 Å². The van der Waals surface area contributed by atoms with Gasteiger partial charge in [0.1, 0.15) is 5.00 Å². The first-order chi connectivity index (χ1) is 14.1. The summed E-state index contributed by atoms with van der Waals surface area (Å²) in [6, 6.07) is 5.86. The molecular weight excluding hydrogens is 402 g/mol. The molecule has 1 aliphatic carbocycles. The summed E-state index contributed by atoms with van der Waals surface area (Å²) in [4.78, 5) is 36.1. The summed E-state index contributed by atoms with van der Waals surface area (Å²) < 4.78 is 0. The number of nitrogens with zero attached hydrogens (tertiary/aromatic N) is 1. The Labute approximate surface area is 179 Å². The van der Waals surface area contributed by atoms with Crippen LogP contribution in [0.15, 0.2) is 24.3 Å². The highest BCUT2D eigenvalue weighted by Crippen LogP contribution is 2.45. The van der Waals surface area contributed by atoms with E-state index in [9.17, 15) is 19.7 Å². The fourth-order valence-electron chi connectivity index (χ4n) is 3.98. The monoisotopic (exact) mass is 429 g/mol. The van der Waals surface area contributed by atoms with E-state index in [0.717, 1.165) is 36.1 Å². The molecule has 1 aromatic heterocycles. The number of nitrogens with one attached hydrogen (secondary N) is 1. The summed E-state index contributed by atoms with van der Waals surface area (Å²) in [7, 11) is 0. The summed E-state index contributed by atoms with van der Waals surface area (Å²) in [5, 5.41) is 14.1. The van der Waals surface area contributed by atoms with Gasteiger partial charge >= 0.3 is 0 Å². The number of primary amides is 1. The quantitative estimate of drug-likeness (QED) is 0.499. The third-order valence-electron chi connectivity index (χ3n) is 6.29. The number of hydrogen-bond acceptors (Lipinski definition) is 5. The van der Waals surface area contributed by atoms with Crippen LogP contribution in [0.1, 0.15) is 60.0 Å². The first kappa shape index (κ1) is 22.0. The van der Waals surface area contributed by atoms with Crippen molar-refractivity contribution < 1.29 is 14.5 Å². The number of carbonyl (C=O) groups is 2. The predicted octanol–water partition coefficient (Wildman–Crippen LogP) is 4.48. The van der Waals surface area contributed by atoms with Crippen molar-refractivity contribution in [2.24, 2.45) is 17.1 Å². The number of non-ortho nitro benzene ring substituents is 1. The minimum atomic E-state index is -0.522. The average molecular weight is 430 g/mol. The van der Waals surface area contributed by atoms with Crippen molar-refractivity contribution in [2.45, 2.75) is 52.9 Å². The molecule has 160 valence electrons. The van der Waals surface area contributed by atoms with E-state index >= 15 is 0 Å². The highest BCUT2D eigenvalue weighted by atomic mass is 32.1. The maximum atomic E-state index is 12.6. The number of hydrogen-bond donors (Lipinski definition) is 2. The minimum absolute atomic E-state index is 0.0225. The smallest absolute Gasteiger partial charge is 0.269 e. The summed E-state index contributed by atoms with van der Waals surface area (Å²) >= 11 is 1.44. The summed E-state index contributed by atoms with van der Waals surface area (Å²) in [5.41, 5.74) is 7.91. The van der Waals surface area contributed by atoms with Gasteiger partial charge in [0.15, 0.2) is 0 Å². The van der Waals surface area contributed by atoms with Crippen molar-refractivity contribution in [1.29, 1.82) is 0 Å². The van der Waals surface area contributed by atoms with E-state index in [1.807, 2.05) is 0 Å². The second-order valence-electron chi connectivity index (χ2n) is 8.50. The lowest BCUT2D eigenvalue weighted by Crippen LogP contribution is -2.29. The molecule has 0 saturated carbocycles. The number of thiophene rings is 1. The van der Waals surface area contributed by atoms with Crippen LogP contribution in [0.2, 0.25) is 0 Å². The molecule has 1 aromatic carbocycles. The molecule has 8 heteroatoms.